The topological polar surface area (TPSA) is 44.8 Å². The summed E-state index contributed by atoms with van der Waals surface area (Å²) < 4.78 is 29.6. The number of rotatable bonds is 5. The summed E-state index contributed by atoms with van der Waals surface area (Å²) in [7, 11) is 1.39. The third-order valence-electron chi connectivity index (χ3n) is 3.55. The molecule has 0 amide bonds. The summed E-state index contributed by atoms with van der Waals surface area (Å²) in [6.45, 7) is 3.23. The van der Waals surface area contributed by atoms with E-state index in [4.69, 9.17) is 14.2 Å². The first-order valence-electron chi connectivity index (χ1n) is 6.73. The van der Waals surface area contributed by atoms with E-state index in [0.29, 0.717) is 38.2 Å². The lowest BCUT2D eigenvalue weighted by Gasteiger charge is -2.35. The largest absolute Gasteiger partial charge is 0.494 e. The van der Waals surface area contributed by atoms with E-state index >= 15 is 0 Å². The normalized spacial score (nSPS) is 17.8. The average Bonchev–Trinajstić information content (AvgIpc) is 2.47. The first-order valence-corrected chi connectivity index (χ1v) is 6.73. The molecule has 1 aromatic rings. The van der Waals surface area contributed by atoms with Crippen molar-refractivity contribution in [3.05, 3.63) is 29.6 Å². The van der Waals surface area contributed by atoms with Crippen LogP contribution in [0.3, 0.4) is 0 Å². The Kier molecular flexibility index (Phi) is 4.73. The van der Waals surface area contributed by atoms with Crippen LogP contribution < -0.4 is 4.74 Å². The molecule has 1 saturated heterocycles. The zero-order valence-corrected chi connectivity index (χ0v) is 11.8. The highest BCUT2D eigenvalue weighted by Crippen LogP contribution is 2.30. The van der Waals surface area contributed by atoms with Gasteiger partial charge in [0.15, 0.2) is 17.3 Å². The first-order chi connectivity index (χ1) is 9.63. The number of carbonyl (C=O) groups is 1. The Balaban J connectivity index is 2.29. The molecule has 1 fully saturated rings. The number of Topliss-reactive ketones (excluding diaryl/α,β-unsaturated/α-hetero) is 1. The monoisotopic (exact) mass is 282 g/mol. The number of hydrogen-bond acceptors (Lipinski definition) is 4. The summed E-state index contributed by atoms with van der Waals surface area (Å²) in [6, 6.07) is 4.24. The lowest BCUT2D eigenvalue weighted by Crippen LogP contribution is -2.46. The molecule has 0 N–H and O–H groups in total. The minimum absolute atomic E-state index is 0.124. The molecule has 5 heteroatoms. The first kappa shape index (κ1) is 14.9. The molecule has 0 spiro atoms. The molecule has 2 rings (SSSR count). The SMILES string of the molecule is CCOC1(C(=O)c2ccc(OC)c(F)c2)CCOCC1. The van der Waals surface area contributed by atoms with E-state index in [-0.39, 0.29) is 11.5 Å². The van der Waals surface area contributed by atoms with Crippen molar-refractivity contribution < 1.29 is 23.4 Å². The van der Waals surface area contributed by atoms with Crippen LogP contribution in [-0.4, -0.2) is 38.3 Å². The van der Waals surface area contributed by atoms with Gasteiger partial charge in [-0.05, 0) is 25.1 Å². The van der Waals surface area contributed by atoms with E-state index in [1.54, 1.807) is 6.07 Å². The van der Waals surface area contributed by atoms with Crippen LogP contribution in [0.4, 0.5) is 4.39 Å². The standard InChI is InChI=1S/C15H19FO4/c1-3-20-15(6-8-19-9-7-15)14(17)11-4-5-13(18-2)12(16)10-11/h4-5,10H,3,6-9H2,1-2H3. The summed E-state index contributed by atoms with van der Waals surface area (Å²) in [6.07, 6.45) is 0.987. The van der Waals surface area contributed by atoms with Gasteiger partial charge in [0.25, 0.3) is 0 Å². The average molecular weight is 282 g/mol. The number of carbonyl (C=O) groups excluding carboxylic acids is 1. The zero-order chi connectivity index (χ0) is 14.6. The summed E-state index contributed by atoms with van der Waals surface area (Å²) >= 11 is 0. The fourth-order valence-corrected chi connectivity index (χ4v) is 2.49. The molecular weight excluding hydrogens is 263 g/mol. The van der Waals surface area contributed by atoms with Crippen LogP contribution in [0.2, 0.25) is 0 Å². The number of halogens is 1. The highest BCUT2D eigenvalue weighted by molar-refractivity contribution is 6.02. The fraction of sp³-hybridized carbons (Fsp3) is 0.533. The van der Waals surface area contributed by atoms with Gasteiger partial charge < -0.3 is 14.2 Å². The Bertz CT molecular complexity index is 475. The molecule has 0 bridgehead atoms. The van der Waals surface area contributed by atoms with Crippen molar-refractivity contribution in [2.24, 2.45) is 0 Å². The molecule has 110 valence electrons. The summed E-state index contributed by atoms with van der Waals surface area (Å²) in [5.41, 5.74) is -0.591. The van der Waals surface area contributed by atoms with E-state index in [1.807, 2.05) is 6.92 Å². The molecule has 4 nitrogen and oxygen atoms in total. The quantitative estimate of drug-likeness (QED) is 0.779. The van der Waals surface area contributed by atoms with Crippen LogP contribution in [0, 0.1) is 5.82 Å². The van der Waals surface area contributed by atoms with Gasteiger partial charge in [-0.1, -0.05) is 0 Å². The van der Waals surface area contributed by atoms with Gasteiger partial charge in [0, 0.05) is 38.2 Å². The van der Waals surface area contributed by atoms with Gasteiger partial charge in [0.1, 0.15) is 5.60 Å². The van der Waals surface area contributed by atoms with Crippen molar-refractivity contribution in [1.82, 2.24) is 0 Å². The third-order valence-corrected chi connectivity index (χ3v) is 3.55. The molecule has 20 heavy (non-hydrogen) atoms. The number of methoxy groups -OCH3 is 1. The zero-order valence-electron chi connectivity index (χ0n) is 11.8. The Hall–Kier alpha value is -1.46. The van der Waals surface area contributed by atoms with Gasteiger partial charge in [-0.25, -0.2) is 4.39 Å². The summed E-state index contributed by atoms with van der Waals surface area (Å²) in [5, 5.41) is 0. The van der Waals surface area contributed by atoms with Crippen LogP contribution >= 0.6 is 0 Å². The Morgan fingerprint density at radius 3 is 2.65 bits per heavy atom. The summed E-state index contributed by atoms with van der Waals surface area (Å²) in [5.74, 6) is -0.611. The van der Waals surface area contributed by atoms with E-state index in [2.05, 4.69) is 0 Å². The molecule has 0 aromatic heterocycles. The Labute approximate surface area is 117 Å². The van der Waals surface area contributed by atoms with Crippen LogP contribution in [0.5, 0.6) is 5.75 Å². The van der Waals surface area contributed by atoms with Gasteiger partial charge in [-0.15, -0.1) is 0 Å². The molecule has 0 unspecified atom stereocenters. The Morgan fingerprint density at radius 2 is 2.10 bits per heavy atom. The van der Waals surface area contributed by atoms with E-state index in [0.717, 1.165) is 0 Å². The van der Waals surface area contributed by atoms with Gasteiger partial charge >= 0.3 is 0 Å². The number of ketones is 1. The highest BCUT2D eigenvalue weighted by atomic mass is 19.1. The molecule has 0 saturated carbocycles. The molecular formula is C15H19FO4. The van der Waals surface area contributed by atoms with Crippen LogP contribution in [0.1, 0.15) is 30.1 Å². The van der Waals surface area contributed by atoms with E-state index in [1.165, 1.54) is 19.2 Å². The lowest BCUT2D eigenvalue weighted by atomic mass is 9.85. The van der Waals surface area contributed by atoms with Crippen molar-refractivity contribution in [1.29, 1.82) is 0 Å². The van der Waals surface area contributed by atoms with Crippen LogP contribution in [0.25, 0.3) is 0 Å². The number of hydrogen-bond donors (Lipinski definition) is 0. The molecule has 0 radical (unpaired) electrons. The molecule has 1 aliphatic heterocycles. The molecule has 1 aromatic carbocycles. The van der Waals surface area contributed by atoms with Crippen molar-refractivity contribution in [2.45, 2.75) is 25.4 Å². The maximum Gasteiger partial charge on any atom is 0.194 e. The maximum absolute atomic E-state index is 13.7. The number of benzene rings is 1. The van der Waals surface area contributed by atoms with Gasteiger partial charge in [-0.2, -0.15) is 0 Å². The fourth-order valence-electron chi connectivity index (χ4n) is 2.49. The van der Waals surface area contributed by atoms with Gasteiger partial charge in [-0.3, -0.25) is 4.79 Å². The second-order valence-corrected chi connectivity index (χ2v) is 4.72. The second-order valence-electron chi connectivity index (χ2n) is 4.72. The highest BCUT2D eigenvalue weighted by Gasteiger charge is 2.41. The van der Waals surface area contributed by atoms with Crippen LogP contribution in [-0.2, 0) is 9.47 Å². The minimum atomic E-state index is -0.895. The molecule has 0 aliphatic carbocycles. The molecule has 1 heterocycles. The van der Waals surface area contributed by atoms with Crippen molar-refractivity contribution in [3.63, 3.8) is 0 Å². The lowest BCUT2D eigenvalue weighted by molar-refractivity contribution is -0.0822. The van der Waals surface area contributed by atoms with Gasteiger partial charge in [0.05, 0.1) is 7.11 Å². The maximum atomic E-state index is 13.7. The number of ether oxygens (including phenoxy) is 3. The third kappa shape index (κ3) is 2.83. The van der Waals surface area contributed by atoms with Crippen molar-refractivity contribution in [3.8, 4) is 5.75 Å². The molecule has 0 atom stereocenters. The van der Waals surface area contributed by atoms with E-state index in [9.17, 15) is 9.18 Å². The predicted molar refractivity (Wildman–Crippen MR) is 71.7 cm³/mol. The summed E-state index contributed by atoms with van der Waals surface area (Å²) in [4.78, 5) is 12.7. The second kappa shape index (κ2) is 6.33. The van der Waals surface area contributed by atoms with Crippen molar-refractivity contribution in [2.75, 3.05) is 26.9 Å². The van der Waals surface area contributed by atoms with Crippen molar-refractivity contribution >= 4 is 5.78 Å². The minimum Gasteiger partial charge on any atom is -0.494 e. The van der Waals surface area contributed by atoms with E-state index < -0.39 is 11.4 Å². The molecule has 1 aliphatic rings. The predicted octanol–water partition coefficient (Wildman–Crippen LogP) is 2.60. The Morgan fingerprint density at radius 1 is 1.40 bits per heavy atom. The van der Waals surface area contributed by atoms with Gasteiger partial charge in [0.2, 0.25) is 0 Å². The smallest absolute Gasteiger partial charge is 0.194 e. The van der Waals surface area contributed by atoms with Crippen LogP contribution in [0.15, 0.2) is 18.2 Å².